The SMILES string of the molecule is COc1ccccc1OCC(=O)N[C@H]1CCCC[C@@H]1C(F)(F)F. The maximum atomic E-state index is 13.0. The molecule has 2 rings (SSSR count). The summed E-state index contributed by atoms with van der Waals surface area (Å²) < 4.78 is 49.4. The third-order valence-electron chi connectivity index (χ3n) is 3.96. The van der Waals surface area contributed by atoms with E-state index in [0.29, 0.717) is 30.8 Å². The summed E-state index contributed by atoms with van der Waals surface area (Å²) >= 11 is 0. The van der Waals surface area contributed by atoms with Crippen LogP contribution < -0.4 is 14.8 Å². The summed E-state index contributed by atoms with van der Waals surface area (Å²) in [6.07, 6.45) is -2.67. The second-order valence-corrected chi connectivity index (χ2v) is 5.55. The Morgan fingerprint density at radius 3 is 2.52 bits per heavy atom. The van der Waals surface area contributed by atoms with Gasteiger partial charge in [-0.3, -0.25) is 4.79 Å². The Morgan fingerprint density at radius 2 is 1.87 bits per heavy atom. The van der Waals surface area contributed by atoms with Crippen molar-refractivity contribution in [2.45, 2.75) is 37.9 Å². The lowest BCUT2D eigenvalue weighted by molar-refractivity contribution is -0.189. The molecule has 0 aromatic heterocycles. The van der Waals surface area contributed by atoms with Gasteiger partial charge in [0.05, 0.1) is 13.0 Å². The lowest BCUT2D eigenvalue weighted by Gasteiger charge is -2.33. The molecular formula is C16H20F3NO3. The summed E-state index contributed by atoms with van der Waals surface area (Å²) in [4.78, 5) is 11.9. The van der Waals surface area contributed by atoms with Crippen molar-refractivity contribution >= 4 is 5.91 Å². The third kappa shape index (κ3) is 4.77. The molecule has 1 aliphatic carbocycles. The predicted octanol–water partition coefficient (Wildman–Crippen LogP) is 3.31. The fraction of sp³-hybridized carbons (Fsp3) is 0.562. The Labute approximate surface area is 133 Å². The number of hydrogen-bond acceptors (Lipinski definition) is 3. The summed E-state index contributed by atoms with van der Waals surface area (Å²) in [5, 5.41) is 2.46. The van der Waals surface area contributed by atoms with Crippen molar-refractivity contribution in [3.05, 3.63) is 24.3 Å². The van der Waals surface area contributed by atoms with Gasteiger partial charge in [-0.1, -0.05) is 25.0 Å². The molecule has 7 heteroatoms. The summed E-state index contributed by atoms with van der Waals surface area (Å²) in [5.74, 6) is -1.20. The van der Waals surface area contributed by atoms with E-state index in [1.54, 1.807) is 24.3 Å². The number of ether oxygens (including phenoxy) is 2. The number of amides is 1. The van der Waals surface area contributed by atoms with Crippen LogP contribution in [0, 0.1) is 5.92 Å². The van der Waals surface area contributed by atoms with Gasteiger partial charge < -0.3 is 14.8 Å². The van der Waals surface area contributed by atoms with E-state index in [-0.39, 0.29) is 13.0 Å². The zero-order valence-electron chi connectivity index (χ0n) is 12.9. The molecule has 2 atom stereocenters. The van der Waals surface area contributed by atoms with Gasteiger partial charge in [-0.05, 0) is 25.0 Å². The molecule has 0 bridgehead atoms. The molecular weight excluding hydrogens is 311 g/mol. The van der Waals surface area contributed by atoms with Gasteiger partial charge >= 0.3 is 6.18 Å². The Kier molecular flexibility index (Phi) is 5.74. The Morgan fingerprint density at radius 1 is 1.22 bits per heavy atom. The molecule has 1 aromatic rings. The lowest BCUT2D eigenvalue weighted by Crippen LogP contribution is -2.48. The largest absolute Gasteiger partial charge is 0.493 e. The molecule has 0 radical (unpaired) electrons. The zero-order valence-corrected chi connectivity index (χ0v) is 12.9. The van der Waals surface area contributed by atoms with Gasteiger partial charge in [-0.15, -0.1) is 0 Å². The van der Waals surface area contributed by atoms with Crippen LogP contribution in [0.1, 0.15) is 25.7 Å². The molecule has 1 aliphatic rings. The normalized spacial score (nSPS) is 21.6. The van der Waals surface area contributed by atoms with Gasteiger partial charge in [0.1, 0.15) is 0 Å². The standard InChI is InChI=1S/C16H20F3NO3/c1-22-13-8-4-5-9-14(13)23-10-15(21)20-12-7-3-2-6-11(12)16(17,18)19/h4-5,8-9,11-12H,2-3,6-7,10H2,1H3,(H,20,21)/t11-,12-/m0/s1. The molecule has 4 nitrogen and oxygen atoms in total. The topological polar surface area (TPSA) is 47.6 Å². The highest BCUT2D eigenvalue weighted by Gasteiger charge is 2.45. The first-order valence-electron chi connectivity index (χ1n) is 7.53. The molecule has 1 N–H and O–H groups in total. The van der Waals surface area contributed by atoms with Crippen LogP contribution in [-0.2, 0) is 4.79 Å². The van der Waals surface area contributed by atoms with Crippen molar-refractivity contribution in [3.63, 3.8) is 0 Å². The maximum absolute atomic E-state index is 13.0. The van der Waals surface area contributed by atoms with E-state index in [4.69, 9.17) is 9.47 Å². The second kappa shape index (κ2) is 7.57. The summed E-state index contributed by atoms with van der Waals surface area (Å²) in [6, 6.07) is 5.90. The van der Waals surface area contributed by atoms with Crippen molar-refractivity contribution in [1.29, 1.82) is 0 Å². The molecule has 1 fully saturated rings. The quantitative estimate of drug-likeness (QED) is 0.900. The highest BCUT2D eigenvalue weighted by Crippen LogP contribution is 2.37. The first-order valence-corrected chi connectivity index (χ1v) is 7.53. The van der Waals surface area contributed by atoms with Gasteiger partial charge in [-0.25, -0.2) is 0 Å². The van der Waals surface area contributed by atoms with E-state index in [2.05, 4.69) is 5.32 Å². The van der Waals surface area contributed by atoms with Crippen LogP contribution in [0.15, 0.2) is 24.3 Å². The van der Waals surface area contributed by atoms with Gasteiger partial charge in [-0.2, -0.15) is 13.2 Å². The van der Waals surface area contributed by atoms with Crippen molar-refractivity contribution in [2.24, 2.45) is 5.92 Å². The number of benzene rings is 1. The third-order valence-corrected chi connectivity index (χ3v) is 3.96. The van der Waals surface area contributed by atoms with Crippen LogP contribution in [-0.4, -0.2) is 31.8 Å². The Balaban J connectivity index is 1.91. The van der Waals surface area contributed by atoms with Gasteiger partial charge in [0.25, 0.3) is 5.91 Å². The highest BCUT2D eigenvalue weighted by atomic mass is 19.4. The molecule has 0 saturated heterocycles. The first kappa shape index (κ1) is 17.4. The smallest absolute Gasteiger partial charge is 0.393 e. The van der Waals surface area contributed by atoms with Gasteiger partial charge in [0.15, 0.2) is 18.1 Å². The van der Waals surface area contributed by atoms with E-state index >= 15 is 0 Å². The second-order valence-electron chi connectivity index (χ2n) is 5.55. The van der Waals surface area contributed by atoms with Crippen molar-refractivity contribution in [1.82, 2.24) is 5.32 Å². The fourth-order valence-electron chi connectivity index (χ4n) is 2.83. The van der Waals surface area contributed by atoms with Crippen LogP contribution in [0.5, 0.6) is 11.5 Å². The number of carbonyl (C=O) groups is 1. The van der Waals surface area contributed by atoms with Crippen molar-refractivity contribution in [2.75, 3.05) is 13.7 Å². The molecule has 1 amide bonds. The number of para-hydroxylation sites is 2. The molecule has 1 saturated carbocycles. The van der Waals surface area contributed by atoms with Crippen LogP contribution in [0.3, 0.4) is 0 Å². The summed E-state index contributed by atoms with van der Waals surface area (Å²) in [6.45, 7) is -0.346. The van der Waals surface area contributed by atoms with E-state index in [0.717, 1.165) is 0 Å². The van der Waals surface area contributed by atoms with E-state index < -0.39 is 24.0 Å². The van der Waals surface area contributed by atoms with Gasteiger partial charge in [0, 0.05) is 6.04 Å². The fourth-order valence-corrected chi connectivity index (χ4v) is 2.83. The molecule has 0 heterocycles. The summed E-state index contributed by atoms with van der Waals surface area (Å²) in [7, 11) is 1.47. The number of rotatable bonds is 5. The van der Waals surface area contributed by atoms with Crippen LogP contribution >= 0.6 is 0 Å². The monoisotopic (exact) mass is 331 g/mol. The molecule has 0 spiro atoms. The minimum Gasteiger partial charge on any atom is -0.493 e. The van der Waals surface area contributed by atoms with Crippen molar-refractivity contribution < 1.29 is 27.4 Å². The molecule has 0 aliphatic heterocycles. The van der Waals surface area contributed by atoms with Crippen LogP contribution in [0.4, 0.5) is 13.2 Å². The molecule has 1 aromatic carbocycles. The van der Waals surface area contributed by atoms with E-state index in [1.807, 2.05) is 0 Å². The predicted molar refractivity (Wildman–Crippen MR) is 78.4 cm³/mol. The average Bonchev–Trinajstić information content (AvgIpc) is 2.52. The van der Waals surface area contributed by atoms with Crippen LogP contribution in [0.25, 0.3) is 0 Å². The first-order chi connectivity index (χ1) is 10.9. The highest BCUT2D eigenvalue weighted by molar-refractivity contribution is 5.78. The van der Waals surface area contributed by atoms with E-state index in [9.17, 15) is 18.0 Å². The van der Waals surface area contributed by atoms with Gasteiger partial charge in [0.2, 0.25) is 0 Å². The number of methoxy groups -OCH3 is 1. The minimum atomic E-state index is -4.29. The summed E-state index contributed by atoms with van der Waals surface area (Å²) in [5.41, 5.74) is 0. The zero-order chi connectivity index (χ0) is 16.9. The number of halogens is 3. The lowest BCUT2D eigenvalue weighted by atomic mass is 9.84. The molecule has 23 heavy (non-hydrogen) atoms. The Hall–Kier alpha value is -1.92. The Bertz CT molecular complexity index is 534. The number of hydrogen-bond donors (Lipinski definition) is 1. The number of carbonyl (C=O) groups excluding carboxylic acids is 1. The molecule has 0 unspecified atom stereocenters. The number of alkyl halides is 3. The minimum absolute atomic E-state index is 0.0574. The van der Waals surface area contributed by atoms with Crippen molar-refractivity contribution in [3.8, 4) is 11.5 Å². The molecule has 128 valence electrons. The maximum Gasteiger partial charge on any atom is 0.393 e. The van der Waals surface area contributed by atoms with Crippen LogP contribution in [0.2, 0.25) is 0 Å². The average molecular weight is 331 g/mol. The number of nitrogens with one attached hydrogen (secondary N) is 1. The van der Waals surface area contributed by atoms with E-state index in [1.165, 1.54) is 7.11 Å².